The smallest absolute Gasteiger partial charge is 0.339 e. The lowest BCUT2D eigenvalue weighted by atomic mass is 10.2. The van der Waals surface area contributed by atoms with Crippen molar-refractivity contribution in [3.63, 3.8) is 0 Å². The summed E-state index contributed by atoms with van der Waals surface area (Å²) in [4.78, 5) is 10.8. The molecule has 0 atom stereocenters. The summed E-state index contributed by atoms with van der Waals surface area (Å²) in [6, 6.07) is 1.49. The molecule has 0 radical (unpaired) electrons. The van der Waals surface area contributed by atoms with E-state index >= 15 is 0 Å². The average molecular weight is 325 g/mol. The molecule has 0 aliphatic carbocycles. The summed E-state index contributed by atoms with van der Waals surface area (Å²) < 4.78 is 5.95. The van der Waals surface area contributed by atoms with Gasteiger partial charge in [0, 0.05) is 5.69 Å². The number of carboxylic acid groups (broad SMARTS) is 1. The fraction of sp³-hybridized carbons (Fsp3) is 0.125. The van der Waals surface area contributed by atoms with Crippen LogP contribution in [0.25, 0.3) is 0 Å². The molecule has 1 aromatic carbocycles. The van der Waals surface area contributed by atoms with Crippen molar-refractivity contribution >= 4 is 43.5 Å². The zero-order valence-corrected chi connectivity index (χ0v) is 10.3. The van der Waals surface area contributed by atoms with Crippen LogP contribution in [0.15, 0.2) is 15.0 Å². The number of nitrogens with two attached hydrogens (primary N) is 1. The minimum atomic E-state index is -1.10. The monoisotopic (exact) mass is 323 g/mol. The third kappa shape index (κ3) is 1.85. The van der Waals surface area contributed by atoms with Crippen LogP contribution in [0.1, 0.15) is 10.4 Å². The molecule has 0 heterocycles. The summed E-state index contributed by atoms with van der Waals surface area (Å²) in [5, 5.41) is 8.88. The number of carboxylic acids is 1. The van der Waals surface area contributed by atoms with Crippen LogP contribution in [-0.2, 0) is 0 Å². The van der Waals surface area contributed by atoms with Gasteiger partial charge in [0.1, 0.15) is 11.3 Å². The van der Waals surface area contributed by atoms with Crippen LogP contribution < -0.4 is 10.5 Å². The van der Waals surface area contributed by atoms with E-state index in [0.717, 1.165) is 0 Å². The summed E-state index contributed by atoms with van der Waals surface area (Å²) in [7, 11) is 1.45. The molecule has 0 aliphatic heterocycles. The van der Waals surface area contributed by atoms with Crippen molar-refractivity contribution in [1.82, 2.24) is 0 Å². The molecule has 0 spiro atoms. The van der Waals surface area contributed by atoms with Gasteiger partial charge in [0.05, 0.1) is 16.1 Å². The van der Waals surface area contributed by atoms with Crippen LogP contribution in [-0.4, -0.2) is 18.2 Å². The summed E-state index contributed by atoms with van der Waals surface area (Å²) in [5.41, 5.74) is 5.73. The van der Waals surface area contributed by atoms with Gasteiger partial charge in [0.15, 0.2) is 0 Å². The number of methoxy groups -OCH3 is 1. The molecule has 4 nitrogen and oxygen atoms in total. The summed E-state index contributed by atoms with van der Waals surface area (Å²) in [6.07, 6.45) is 0. The zero-order chi connectivity index (χ0) is 10.9. The second-order valence-corrected chi connectivity index (χ2v) is 4.12. The Labute approximate surface area is 97.3 Å². The number of rotatable bonds is 2. The fourth-order valence-electron chi connectivity index (χ4n) is 1.02. The van der Waals surface area contributed by atoms with Crippen molar-refractivity contribution in [2.45, 2.75) is 0 Å². The Bertz CT molecular complexity index is 393. The Hall–Kier alpha value is -0.750. The highest BCUT2D eigenvalue weighted by Crippen LogP contribution is 2.39. The number of carbonyl (C=O) groups is 1. The fourth-order valence-corrected chi connectivity index (χ4v) is 2.67. The quantitative estimate of drug-likeness (QED) is 0.820. The number of anilines is 1. The molecular weight excluding hydrogens is 318 g/mol. The van der Waals surface area contributed by atoms with Crippen LogP contribution in [0.2, 0.25) is 0 Å². The molecule has 6 heteroatoms. The van der Waals surface area contributed by atoms with E-state index in [1.165, 1.54) is 13.2 Å². The first kappa shape index (κ1) is 11.3. The van der Waals surface area contributed by atoms with Gasteiger partial charge in [-0.3, -0.25) is 0 Å². The van der Waals surface area contributed by atoms with Gasteiger partial charge >= 0.3 is 5.97 Å². The first-order valence-electron chi connectivity index (χ1n) is 3.53. The number of ether oxygens (including phenoxy) is 1. The summed E-state index contributed by atoms with van der Waals surface area (Å²) >= 11 is 6.34. The molecular formula is C8H7Br2NO3. The topological polar surface area (TPSA) is 72.5 Å². The van der Waals surface area contributed by atoms with E-state index in [1.54, 1.807) is 0 Å². The molecule has 0 aromatic heterocycles. The Balaban J connectivity index is 3.52. The van der Waals surface area contributed by atoms with Crippen molar-refractivity contribution < 1.29 is 14.6 Å². The van der Waals surface area contributed by atoms with E-state index in [1.807, 2.05) is 0 Å². The average Bonchev–Trinajstić information content (AvgIpc) is 2.02. The molecule has 0 amide bonds. The molecule has 14 heavy (non-hydrogen) atoms. The van der Waals surface area contributed by atoms with Gasteiger partial charge in [-0.05, 0) is 37.9 Å². The first-order valence-corrected chi connectivity index (χ1v) is 5.12. The largest absolute Gasteiger partial charge is 0.494 e. The predicted octanol–water partition coefficient (Wildman–Crippen LogP) is 2.50. The lowest BCUT2D eigenvalue weighted by Crippen LogP contribution is -2.05. The van der Waals surface area contributed by atoms with Gasteiger partial charge in [-0.1, -0.05) is 0 Å². The van der Waals surface area contributed by atoms with Gasteiger partial charge in [0.25, 0.3) is 0 Å². The van der Waals surface area contributed by atoms with Gasteiger partial charge in [-0.25, -0.2) is 4.79 Å². The van der Waals surface area contributed by atoms with E-state index in [0.29, 0.717) is 14.7 Å². The number of benzene rings is 1. The van der Waals surface area contributed by atoms with Gasteiger partial charge in [0.2, 0.25) is 0 Å². The SMILES string of the molecule is COc1c(Br)cc(N)c(C(=O)O)c1Br. The Kier molecular flexibility index (Phi) is 3.38. The molecule has 1 rings (SSSR count). The minimum absolute atomic E-state index is 0.00468. The molecule has 0 saturated carbocycles. The maximum Gasteiger partial charge on any atom is 0.339 e. The van der Waals surface area contributed by atoms with Gasteiger partial charge < -0.3 is 15.6 Å². The molecule has 0 fully saturated rings. The lowest BCUT2D eigenvalue weighted by Gasteiger charge is -2.10. The molecule has 1 aromatic rings. The number of aromatic carboxylic acids is 1. The van der Waals surface area contributed by atoms with Crippen molar-refractivity contribution in [3.8, 4) is 5.75 Å². The number of hydrogen-bond donors (Lipinski definition) is 2. The van der Waals surface area contributed by atoms with Crippen LogP contribution in [0.4, 0.5) is 5.69 Å². The normalized spacial score (nSPS) is 9.93. The van der Waals surface area contributed by atoms with E-state index in [9.17, 15) is 4.79 Å². The third-order valence-electron chi connectivity index (χ3n) is 1.62. The molecule has 0 unspecified atom stereocenters. The van der Waals surface area contributed by atoms with Crippen LogP contribution in [0.5, 0.6) is 5.75 Å². The molecule has 3 N–H and O–H groups in total. The van der Waals surface area contributed by atoms with E-state index in [-0.39, 0.29) is 11.3 Å². The number of nitrogen functional groups attached to an aromatic ring is 1. The second-order valence-electron chi connectivity index (χ2n) is 2.48. The highest BCUT2D eigenvalue weighted by atomic mass is 79.9. The number of hydrogen-bond acceptors (Lipinski definition) is 3. The van der Waals surface area contributed by atoms with Crippen LogP contribution in [0, 0.1) is 0 Å². The van der Waals surface area contributed by atoms with Crippen molar-refractivity contribution in [3.05, 3.63) is 20.6 Å². The number of halogens is 2. The molecule has 0 saturated heterocycles. The van der Waals surface area contributed by atoms with Crippen molar-refractivity contribution in [2.24, 2.45) is 0 Å². The highest BCUT2D eigenvalue weighted by molar-refractivity contribution is 9.11. The van der Waals surface area contributed by atoms with Gasteiger partial charge in [-0.2, -0.15) is 0 Å². The highest BCUT2D eigenvalue weighted by Gasteiger charge is 2.19. The Morgan fingerprint density at radius 1 is 1.57 bits per heavy atom. The molecule has 76 valence electrons. The van der Waals surface area contributed by atoms with Crippen LogP contribution in [0.3, 0.4) is 0 Å². The maximum atomic E-state index is 10.8. The van der Waals surface area contributed by atoms with Gasteiger partial charge in [-0.15, -0.1) is 0 Å². The minimum Gasteiger partial charge on any atom is -0.494 e. The van der Waals surface area contributed by atoms with Crippen LogP contribution >= 0.6 is 31.9 Å². The third-order valence-corrected chi connectivity index (χ3v) is 2.97. The van der Waals surface area contributed by atoms with E-state index < -0.39 is 5.97 Å². The Morgan fingerprint density at radius 2 is 2.14 bits per heavy atom. The van der Waals surface area contributed by atoms with E-state index in [4.69, 9.17) is 15.6 Å². The maximum absolute atomic E-state index is 10.8. The lowest BCUT2D eigenvalue weighted by molar-refractivity contribution is 0.0696. The van der Waals surface area contributed by atoms with Crippen molar-refractivity contribution in [2.75, 3.05) is 12.8 Å². The standard InChI is InChI=1S/C8H7Br2NO3/c1-14-7-3(9)2-4(11)5(6(7)10)8(12)13/h2H,11H2,1H3,(H,12,13). The summed E-state index contributed by atoms with van der Waals surface area (Å²) in [5.74, 6) is -0.684. The predicted molar refractivity (Wildman–Crippen MR) is 59.8 cm³/mol. The first-order chi connectivity index (χ1) is 6.49. The van der Waals surface area contributed by atoms with E-state index in [2.05, 4.69) is 31.9 Å². The molecule has 0 aliphatic rings. The molecule has 0 bridgehead atoms. The van der Waals surface area contributed by atoms with Crippen molar-refractivity contribution in [1.29, 1.82) is 0 Å². The second kappa shape index (κ2) is 4.18. The Morgan fingerprint density at radius 3 is 2.57 bits per heavy atom. The summed E-state index contributed by atoms with van der Waals surface area (Å²) in [6.45, 7) is 0. The zero-order valence-electron chi connectivity index (χ0n) is 7.17.